The van der Waals surface area contributed by atoms with Crippen molar-refractivity contribution in [2.45, 2.75) is 28.5 Å². The molecule has 1 fully saturated rings. The largest absolute Gasteiger partial charge is 0.326 e. The van der Waals surface area contributed by atoms with Crippen molar-refractivity contribution in [2.75, 3.05) is 19.4 Å². The van der Waals surface area contributed by atoms with Crippen LogP contribution in [-0.4, -0.2) is 40.6 Å². The maximum absolute atomic E-state index is 12.6. The fourth-order valence-electron chi connectivity index (χ4n) is 2.85. The molecule has 5 heteroatoms. The van der Waals surface area contributed by atoms with Crippen LogP contribution in [0, 0.1) is 5.92 Å². The van der Waals surface area contributed by atoms with Crippen molar-refractivity contribution < 1.29 is 4.79 Å². The van der Waals surface area contributed by atoms with Gasteiger partial charge in [0.1, 0.15) is 0 Å². The Morgan fingerprint density at radius 2 is 1.85 bits per heavy atom. The Morgan fingerprint density at radius 3 is 2.45 bits per heavy atom. The van der Waals surface area contributed by atoms with Gasteiger partial charge in [-0.2, -0.15) is 0 Å². The number of hydrogen-bond donors (Lipinski definition) is 1. The number of para-hydroxylation sites is 1. The van der Waals surface area contributed by atoms with Gasteiger partial charge in [0.25, 0.3) is 0 Å². The van der Waals surface area contributed by atoms with E-state index in [2.05, 4.69) is 42.1 Å². The predicted molar refractivity (Wildman–Crippen MR) is 90.7 cm³/mol. The lowest BCUT2D eigenvalue weighted by Crippen LogP contribution is -2.51. The molecule has 1 N–H and O–H groups in total. The van der Waals surface area contributed by atoms with Crippen LogP contribution in [0.15, 0.2) is 30.3 Å². The third-order valence-corrected chi connectivity index (χ3v) is 5.41. The van der Waals surface area contributed by atoms with E-state index in [0.717, 1.165) is 18.5 Å². The number of carbonyl (C=O) groups excluding carboxylic acids is 1. The first-order chi connectivity index (χ1) is 9.49. The molecule has 4 unspecified atom stereocenters. The summed E-state index contributed by atoms with van der Waals surface area (Å²) in [7, 11) is 4.08. The second-order valence-electron chi connectivity index (χ2n) is 5.50. The Bertz CT molecular complexity index is 452. The number of nitrogens with one attached hydrogen (secondary N) is 1. The lowest BCUT2D eigenvalue weighted by Gasteiger charge is -2.40. The highest BCUT2D eigenvalue weighted by atomic mass is 79.9. The van der Waals surface area contributed by atoms with Gasteiger partial charge in [-0.3, -0.25) is 4.79 Å². The number of amides is 1. The molecule has 1 aliphatic carbocycles. The maximum Gasteiger partial charge on any atom is 0.229 e. The zero-order valence-corrected chi connectivity index (χ0v) is 14.9. The molecule has 0 heterocycles. The van der Waals surface area contributed by atoms with Gasteiger partial charge < -0.3 is 10.2 Å². The zero-order chi connectivity index (χ0) is 14.7. The maximum atomic E-state index is 12.6. The van der Waals surface area contributed by atoms with Crippen molar-refractivity contribution >= 4 is 43.5 Å². The monoisotopic (exact) mass is 402 g/mol. The minimum atomic E-state index is -0.0206. The topological polar surface area (TPSA) is 32.3 Å². The van der Waals surface area contributed by atoms with Gasteiger partial charge in [-0.25, -0.2) is 0 Å². The SMILES string of the molecule is CN(C)C1C(Br)CC(Br)CC1C(=O)Nc1ccccc1. The highest BCUT2D eigenvalue weighted by Gasteiger charge is 2.40. The van der Waals surface area contributed by atoms with Crippen LogP contribution in [-0.2, 0) is 4.79 Å². The molecular weight excluding hydrogens is 384 g/mol. The third kappa shape index (κ3) is 3.83. The summed E-state index contributed by atoms with van der Waals surface area (Å²) in [5.41, 5.74) is 0.859. The van der Waals surface area contributed by atoms with Crippen molar-refractivity contribution in [3.63, 3.8) is 0 Å². The molecule has 0 aromatic heterocycles. The van der Waals surface area contributed by atoms with Crippen LogP contribution in [0.3, 0.4) is 0 Å². The Hall–Kier alpha value is -0.390. The Kier molecular flexibility index (Phi) is 5.64. The lowest BCUT2D eigenvalue weighted by molar-refractivity contribution is -0.122. The van der Waals surface area contributed by atoms with E-state index in [9.17, 15) is 4.79 Å². The van der Waals surface area contributed by atoms with Gasteiger partial charge in [0, 0.05) is 21.4 Å². The normalized spacial score (nSPS) is 30.2. The zero-order valence-electron chi connectivity index (χ0n) is 11.7. The standard InChI is InChI=1S/C15H20Br2N2O/c1-19(2)14-12(8-10(16)9-13(14)17)15(20)18-11-6-4-3-5-7-11/h3-7,10,12-14H,8-9H2,1-2H3,(H,18,20). The number of benzene rings is 1. The molecule has 1 aliphatic rings. The summed E-state index contributed by atoms with van der Waals surface area (Å²) in [6.45, 7) is 0. The predicted octanol–water partition coefficient (Wildman–Crippen LogP) is 3.49. The number of alkyl halides is 2. The second-order valence-corrected chi connectivity index (χ2v) is 7.97. The van der Waals surface area contributed by atoms with E-state index in [1.165, 1.54) is 0 Å². The highest BCUT2D eigenvalue weighted by molar-refractivity contribution is 9.10. The average molecular weight is 404 g/mol. The van der Waals surface area contributed by atoms with Crippen LogP contribution in [0.1, 0.15) is 12.8 Å². The highest BCUT2D eigenvalue weighted by Crippen LogP contribution is 2.36. The van der Waals surface area contributed by atoms with Crippen LogP contribution >= 0.6 is 31.9 Å². The smallest absolute Gasteiger partial charge is 0.229 e. The van der Waals surface area contributed by atoms with E-state index in [1.54, 1.807) is 0 Å². The average Bonchev–Trinajstić information content (AvgIpc) is 2.38. The van der Waals surface area contributed by atoms with Gasteiger partial charge in [-0.15, -0.1) is 0 Å². The molecule has 2 rings (SSSR count). The van der Waals surface area contributed by atoms with Crippen molar-refractivity contribution in [1.82, 2.24) is 4.90 Å². The number of rotatable bonds is 3. The number of nitrogens with zero attached hydrogens (tertiary/aromatic N) is 1. The first-order valence-corrected chi connectivity index (χ1v) is 8.62. The molecule has 0 saturated heterocycles. The van der Waals surface area contributed by atoms with Crippen molar-refractivity contribution in [3.05, 3.63) is 30.3 Å². The van der Waals surface area contributed by atoms with Crippen LogP contribution in [0.4, 0.5) is 5.69 Å². The summed E-state index contributed by atoms with van der Waals surface area (Å²) >= 11 is 7.41. The van der Waals surface area contributed by atoms with Gasteiger partial charge in [-0.1, -0.05) is 50.1 Å². The number of halogens is 2. The van der Waals surface area contributed by atoms with Crippen LogP contribution in [0.2, 0.25) is 0 Å². The van der Waals surface area contributed by atoms with E-state index in [-0.39, 0.29) is 17.9 Å². The Morgan fingerprint density at radius 1 is 1.20 bits per heavy atom. The number of anilines is 1. The third-order valence-electron chi connectivity index (χ3n) is 3.75. The van der Waals surface area contributed by atoms with Gasteiger partial charge in [0.05, 0.1) is 5.92 Å². The summed E-state index contributed by atoms with van der Waals surface area (Å²) in [6, 6.07) is 9.86. The number of carbonyl (C=O) groups is 1. The fraction of sp³-hybridized carbons (Fsp3) is 0.533. The molecule has 0 spiro atoms. The van der Waals surface area contributed by atoms with Crippen molar-refractivity contribution in [1.29, 1.82) is 0 Å². The van der Waals surface area contributed by atoms with Crippen LogP contribution in [0.5, 0.6) is 0 Å². The molecule has 0 radical (unpaired) electrons. The van der Waals surface area contributed by atoms with Gasteiger partial charge in [0.15, 0.2) is 0 Å². The molecule has 3 nitrogen and oxygen atoms in total. The fourth-order valence-corrected chi connectivity index (χ4v) is 5.45. The van der Waals surface area contributed by atoms with Crippen LogP contribution < -0.4 is 5.32 Å². The van der Waals surface area contributed by atoms with Gasteiger partial charge >= 0.3 is 0 Å². The lowest BCUT2D eigenvalue weighted by atomic mass is 9.83. The summed E-state index contributed by atoms with van der Waals surface area (Å²) in [4.78, 5) is 15.4. The molecule has 4 atom stereocenters. The molecule has 1 saturated carbocycles. The molecule has 1 amide bonds. The van der Waals surface area contributed by atoms with E-state index < -0.39 is 0 Å². The van der Waals surface area contributed by atoms with E-state index in [1.807, 2.05) is 44.4 Å². The van der Waals surface area contributed by atoms with Crippen molar-refractivity contribution in [2.24, 2.45) is 5.92 Å². The molecule has 0 bridgehead atoms. The summed E-state index contributed by atoms with van der Waals surface area (Å²) < 4.78 is 0. The van der Waals surface area contributed by atoms with Crippen molar-refractivity contribution in [3.8, 4) is 0 Å². The molecule has 1 aromatic rings. The first kappa shape index (κ1) is 16.0. The minimum absolute atomic E-state index is 0.0206. The Balaban J connectivity index is 2.12. The van der Waals surface area contributed by atoms with Gasteiger partial charge in [0.2, 0.25) is 5.91 Å². The van der Waals surface area contributed by atoms with E-state index >= 15 is 0 Å². The molecule has 20 heavy (non-hydrogen) atoms. The molecule has 0 aliphatic heterocycles. The quantitative estimate of drug-likeness (QED) is 0.783. The van der Waals surface area contributed by atoms with Crippen LogP contribution in [0.25, 0.3) is 0 Å². The first-order valence-electron chi connectivity index (χ1n) is 6.79. The van der Waals surface area contributed by atoms with Gasteiger partial charge in [-0.05, 0) is 39.1 Å². The second kappa shape index (κ2) is 7.05. The number of hydrogen-bond acceptors (Lipinski definition) is 2. The van der Waals surface area contributed by atoms with E-state index in [4.69, 9.17) is 0 Å². The molecular formula is C15H20Br2N2O. The van der Waals surface area contributed by atoms with E-state index in [0.29, 0.717) is 9.65 Å². The minimum Gasteiger partial charge on any atom is -0.326 e. The Labute approximate surface area is 137 Å². The summed E-state index contributed by atoms with van der Waals surface area (Å²) in [6.07, 6.45) is 1.90. The summed E-state index contributed by atoms with van der Waals surface area (Å²) in [5, 5.41) is 3.03. The summed E-state index contributed by atoms with van der Waals surface area (Å²) in [5.74, 6) is 0.0798. The molecule has 1 aromatic carbocycles. The molecule has 110 valence electrons.